The molecular weight excluding hydrogens is 180 g/mol. The van der Waals surface area contributed by atoms with Crippen LogP contribution in [-0.2, 0) is 14.3 Å². The molecule has 0 aromatic heterocycles. The Hall–Kier alpha value is -0.860. The van der Waals surface area contributed by atoms with E-state index in [1.165, 1.54) is 7.11 Å². The van der Waals surface area contributed by atoms with Crippen molar-refractivity contribution in [2.75, 3.05) is 7.11 Å². The van der Waals surface area contributed by atoms with Gasteiger partial charge in [0.2, 0.25) is 0 Å². The van der Waals surface area contributed by atoms with E-state index < -0.39 is 5.41 Å². The summed E-state index contributed by atoms with van der Waals surface area (Å²) in [7, 11) is 1.35. The summed E-state index contributed by atoms with van der Waals surface area (Å²) in [6.45, 7) is 5.61. The molecule has 1 fully saturated rings. The van der Waals surface area contributed by atoms with Crippen molar-refractivity contribution in [1.82, 2.24) is 0 Å². The van der Waals surface area contributed by atoms with E-state index in [0.717, 1.165) is 6.42 Å². The lowest BCUT2D eigenvalue weighted by Crippen LogP contribution is -2.53. The van der Waals surface area contributed by atoms with E-state index in [1.54, 1.807) is 0 Å². The summed E-state index contributed by atoms with van der Waals surface area (Å²) in [6.07, 6.45) is 1.59. The summed E-state index contributed by atoms with van der Waals surface area (Å²) < 4.78 is 4.74. The number of esters is 1. The zero-order valence-corrected chi connectivity index (χ0v) is 9.29. The van der Waals surface area contributed by atoms with Crippen LogP contribution in [-0.4, -0.2) is 18.9 Å². The Morgan fingerprint density at radius 2 is 2.00 bits per heavy atom. The Labute approximate surface area is 84.8 Å². The second-order valence-electron chi connectivity index (χ2n) is 4.42. The molecule has 0 aliphatic heterocycles. The molecule has 0 aromatic carbocycles. The molecule has 1 saturated carbocycles. The third-order valence-electron chi connectivity index (χ3n) is 3.33. The van der Waals surface area contributed by atoms with Crippen LogP contribution in [0.25, 0.3) is 0 Å². The van der Waals surface area contributed by atoms with E-state index in [9.17, 15) is 9.59 Å². The number of hydrogen-bond donors (Lipinski definition) is 0. The second kappa shape index (κ2) is 3.71. The average molecular weight is 198 g/mol. The van der Waals surface area contributed by atoms with E-state index in [-0.39, 0.29) is 23.6 Å². The summed E-state index contributed by atoms with van der Waals surface area (Å²) in [5.74, 6) is -0.292. The molecule has 3 nitrogen and oxygen atoms in total. The molecule has 0 aromatic rings. The molecular formula is C11H18O3. The molecule has 0 bridgehead atoms. The van der Waals surface area contributed by atoms with Gasteiger partial charge in [0.25, 0.3) is 0 Å². The summed E-state index contributed by atoms with van der Waals surface area (Å²) in [6, 6.07) is 0. The molecule has 2 atom stereocenters. The van der Waals surface area contributed by atoms with Gasteiger partial charge in [-0.15, -0.1) is 0 Å². The van der Waals surface area contributed by atoms with Crippen LogP contribution in [0, 0.1) is 17.3 Å². The Morgan fingerprint density at radius 1 is 1.43 bits per heavy atom. The maximum absolute atomic E-state index is 12.0. The number of carbonyl (C=O) groups is 2. The van der Waals surface area contributed by atoms with Gasteiger partial charge >= 0.3 is 5.97 Å². The van der Waals surface area contributed by atoms with Gasteiger partial charge in [0.1, 0.15) is 5.41 Å². The Morgan fingerprint density at radius 3 is 2.21 bits per heavy atom. The van der Waals surface area contributed by atoms with Crippen LogP contribution in [0.1, 0.15) is 33.6 Å². The van der Waals surface area contributed by atoms with Gasteiger partial charge in [-0.3, -0.25) is 9.59 Å². The molecule has 1 aliphatic carbocycles. The normalized spacial score (nSPS) is 31.1. The van der Waals surface area contributed by atoms with Gasteiger partial charge < -0.3 is 4.74 Å². The molecule has 80 valence electrons. The highest BCUT2D eigenvalue weighted by Crippen LogP contribution is 2.49. The molecule has 1 rings (SSSR count). The first-order valence-electron chi connectivity index (χ1n) is 5.09. The first-order chi connectivity index (χ1) is 6.46. The van der Waals surface area contributed by atoms with E-state index in [0.29, 0.717) is 6.42 Å². The predicted octanol–water partition coefficient (Wildman–Crippen LogP) is 1.80. The Kier molecular flexibility index (Phi) is 2.98. The molecule has 0 spiro atoms. The zero-order valence-electron chi connectivity index (χ0n) is 9.29. The number of hydrogen-bond acceptors (Lipinski definition) is 3. The van der Waals surface area contributed by atoms with Crippen molar-refractivity contribution in [3.05, 3.63) is 0 Å². The van der Waals surface area contributed by atoms with Crippen LogP contribution in [0.3, 0.4) is 0 Å². The van der Waals surface area contributed by atoms with Crippen molar-refractivity contribution in [2.45, 2.75) is 33.6 Å². The molecule has 0 radical (unpaired) electrons. The van der Waals surface area contributed by atoms with Crippen molar-refractivity contribution >= 4 is 11.8 Å². The minimum absolute atomic E-state index is 0.0306. The number of carbonyl (C=O) groups excluding carboxylic acids is 2. The molecule has 14 heavy (non-hydrogen) atoms. The summed E-state index contributed by atoms with van der Waals surface area (Å²) in [4.78, 5) is 23.6. The van der Waals surface area contributed by atoms with Crippen LogP contribution < -0.4 is 0 Å². The van der Waals surface area contributed by atoms with E-state index in [2.05, 4.69) is 0 Å². The molecule has 0 heterocycles. The van der Waals surface area contributed by atoms with E-state index in [4.69, 9.17) is 4.74 Å². The van der Waals surface area contributed by atoms with Gasteiger partial charge in [-0.25, -0.2) is 0 Å². The van der Waals surface area contributed by atoms with Gasteiger partial charge in [0, 0.05) is 5.92 Å². The maximum Gasteiger partial charge on any atom is 0.319 e. The fourth-order valence-electron chi connectivity index (χ4n) is 2.19. The first-order valence-corrected chi connectivity index (χ1v) is 5.09. The van der Waals surface area contributed by atoms with Gasteiger partial charge in [0.05, 0.1) is 7.11 Å². The van der Waals surface area contributed by atoms with Crippen molar-refractivity contribution in [1.29, 1.82) is 0 Å². The molecule has 0 amide bonds. The van der Waals surface area contributed by atoms with Crippen LogP contribution in [0.4, 0.5) is 0 Å². The third-order valence-corrected chi connectivity index (χ3v) is 3.33. The fourth-order valence-corrected chi connectivity index (χ4v) is 2.19. The van der Waals surface area contributed by atoms with Crippen LogP contribution in [0.2, 0.25) is 0 Å². The number of ketones is 1. The van der Waals surface area contributed by atoms with Crippen LogP contribution in [0.15, 0.2) is 0 Å². The smallest absolute Gasteiger partial charge is 0.319 e. The highest BCUT2D eigenvalue weighted by Gasteiger charge is 2.57. The highest BCUT2D eigenvalue weighted by molar-refractivity contribution is 6.05. The first kappa shape index (κ1) is 11.2. The van der Waals surface area contributed by atoms with Gasteiger partial charge in [-0.1, -0.05) is 20.8 Å². The van der Waals surface area contributed by atoms with Crippen molar-refractivity contribution in [3.8, 4) is 0 Å². The van der Waals surface area contributed by atoms with Crippen molar-refractivity contribution < 1.29 is 14.3 Å². The second-order valence-corrected chi connectivity index (χ2v) is 4.42. The SMILES string of the molecule is COC(=O)C1(C(=O)C(C)C)CCC1C. The molecule has 0 N–H and O–H groups in total. The Bertz CT molecular complexity index is 257. The van der Waals surface area contributed by atoms with Crippen molar-refractivity contribution in [3.63, 3.8) is 0 Å². The number of rotatable bonds is 3. The lowest BCUT2D eigenvalue weighted by atomic mass is 9.57. The van der Waals surface area contributed by atoms with Gasteiger partial charge in [-0.2, -0.15) is 0 Å². The third kappa shape index (κ3) is 1.35. The van der Waals surface area contributed by atoms with Crippen LogP contribution >= 0.6 is 0 Å². The largest absolute Gasteiger partial charge is 0.468 e. The number of ether oxygens (including phenoxy) is 1. The lowest BCUT2D eigenvalue weighted by molar-refractivity contribution is -0.171. The van der Waals surface area contributed by atoms with Gasteiger partial charge in [-0.05, 0) is 18.8 Å². The number of methoxy groups -OCH3 is 1. The molecule has 1 aliphatic rings. The summed E-state index contributed by atoms with van der Waals surface area (Å²) >= 11 is 0. The minimum Gasteiger partial charge on any atom is -0.468 e. The quantitative estimate of drug-likeness (QED) is 0.513. The molecule has 0 saturated heterocycles. The fraction of sp³-hybridized carbons (Fsp3) is 0.818. The summed E-state index contributed by atoms with van der Waals surface area (Å²) in [5, 5.41) is 0. The minimum atomic E-state index is -0.830. The van der Waals surface area contributed by atoms with E-state index >= 15 is 0 Å². The number of Topliss-reactive ketones (excluding diaryl/α,β-unsaturated/α-hetero) is 1. The Balaban J connectivity index is 2.94. The van der Waals surface area contributed by atoms with Crippen molar-refractivity contribution in [2.24, 2.45) is 17.3 Å². The topological polar surface area (TPSA) is 43.4 Å². The standard InChI is InChI=1S/C11H18O3/c1-7(2)9(12)11(10(13)14-4)6-5-8(11)3/h7-8H,5-6H2,1-4H3. The monoisotopic (exact) mass is 198 g/mol. The molecule has 2 unspecified atom stereocenters. The summed E-state index contributed by atoms with van der Waals surface area (Å²) in [5.41, 5.74) is -0.830. The van der Waals surface area contributed by atoms with E-state index in [1.807, 2.05) is 20.8 Å². The average Bonchev–Trinajstić information content (AvgIpc) is 2.15. The van der Waals surface area contributed by atoms with Crippen LogP contribution in [0.5, 0.6) is 0 Å². The maximum atomic E-state index is 12.0. The molecule has 3 heteroatoms. The van der Waals surface area contributed by atoms with Gasteiger partial charge in [0.15, 0.2) is 5.78 Å². The zero-order chi connectivity index (χ0) is 10.9. The predicted molar refractivity (Wildman–Crippen MR) is 52.7 cm³/mol. The highest BCUT2D eigenvalue weighted by atomic mass is 16.5. The lowest BCUT2D eigenvalue weighted by Gasteiger charge is -2.44.